The summed E-state index contributed by atoms with van der Waals surface area (Å²) in [6.45, 7) is 0.415. The number of allylic oxidation sites excluding steroid dienone is 1. The molecule has 0 saturated heterocycles. The van der Waals surface area contributed by atoms with Gasteiger partial charge in [0.05, 0.1) is 16.6 Å². The Morgan fingerprint density at radius 1 is 1.31 bits per heavy atom. The molecule has 0 aliphatic carbocycles. The van der Waals surface area contributed by atoms with Crippen LogP contribution >= 0.6 is 12.2 Å². The molecule has 3 aromatic rings. The Balaban J connectivity index is 2.38. The molecule has 1 aromatic carbocycles. The highest BCUT2D eigenvalue weighted by atomic mass is 32.1. The van der Waals surface area contributed by atoms with Crippen molar-refractivity contribution in [3.8, 4) is 17.0 Å². The number of halogens is 5. The molecule has 0 amide bonds. The summed E-state index contributed by atoms with van der Waals surface area (Å²) in [5.74, 6) is -0.248. The van der Waals surface area contributed by atoms with Gasteiger partial charge in [-0.3, -0.25) is 14.3 Å². The Hall–Kier alpha value is -3.08. The second kappa shape index (κ2) is 7.74. The first-order valence-electron chi connectivity index (χ1n) is 8.03. The number of hydrogen-bond donors (Lipinski definition) is 1. The number of nitrogens with one attached hydrogen (secondary N) is 1. The van der Waals surface area contributed by atoms with Gasteiger partial charge in [-0.25, -0.2) is 4.98 Å². The second-order valence-electron chi connectivity index (χ2n) is 5.82. The van der Waals surface area contributed by atoms with Crippen LogP contribution in [0.25, 0.3) is 22.3 Å². The SMILES string of the molecule is C=CCn1c(=S)[nH]c(=O)c2c(C(F)(F)F)cc(-c3cccc(OC(F)F)c3)nc21. The molecule has 152 valence electrons. The maximum absolute atomic E-state index is 13.7. The lowest BCUT2D eigenvalue weighted by atomic mass is 10.1. The average molecular weight is 429 g/mol. The quantitative estimate of drug-likeness (QED) is 0.355. The van der Waals surface area contributed by atoms with Crippen LogP contribution in [0.5, 0.6) is 5.75 Å². The molecular formula is C18H12F5N3O2S. The van der Waals surface area contributed by atoms with E-state index in [9.17, 15) is 26.7 Å². The number of rotatable bonds is 5. The third-order valence-electron chi connectivity index (χ3n) is 3.92. The highest BCUT2D eigenvalue weighted by Crippen LogP contribution is 2.36. The van der Waals surface area contributed by atoms with Crippen LogP contribution in [0, 0.1) is 4.77 Å². The molecule has 1 N–H and O–H groups in total. The van der Waals surface area contributed by atoms with E-state index in [1.54, 1.807) is 0 Å². The maximum Gasteiger partial charge on any atom is 0.417 e. The number of nitrogens with zero attached hydrogens (tertiary/aromatic N) is 2. The Kier molecular flexibility index (Phi) is 5.51. The fourth-order valence-corrected chi connectivity index (χ4v) is 3.03. The topological polar surface area (TPSA) is 59.9 Å². The van der Waals surface area contributed by atoms with E-state index in [1.807, 2.05) is 0 Å². The summed E-state index contributed by atoms with van der Waals surface area (Å²) in [5, 5.41) is -0.684. The number of alkyl halides is 5. The Morgan fingerprint density at radius 3 is 2.66 bits per heavy atom. The smallest absolute Gasteiger partial charge is 0.417 e. The van der Waals surface area contributed by atoms with E-state index >= 15 is 0 Å². The highest BCUT2D eigenvalue weighted by molar-refractivity contribution is 7.71. The van der Waals surface area contributed by atoms with Crippen molar-refractivity contribution < 1.29 is 26.7 Å². The third kappa shape index (κ3) is 4.19. The van der Waals surface area contributed by atoms with Gasteiger partial charge in [-0.1, -0.05) is 18.2 Å². The minimum atomic E-state index is -4.88. The second-order valence-corrected chi connectivity index (χ2v) is 6.20. The van der Waals surface area contributed by atoms with Crippen molar-refractivity contribution in [3.63, 3.8) is 0 Å². The predicted molar refractivity (Wildman–Crippen MR) is 98.5 cm³/mol. The van der Waals surface area contributed by atoms with Gasteiger partial charge in [0.25, 0.3) is 5.56 Å². The number of aromatic amines is 1. The molecule has 0 spiro atoms. The van der Waals surface area contributed by atoms with Crippen molar-refractivity contribution in [1.29, 1.82) is 0 Å². The molecule has 3 rings (SSSR count). The largest absolute Gasteiger partial charge is 0.435 e. The number of benzene rings is 1. The highest BCUT2D eigenvalue weighted by Gasteiger charge is 2.35. The first-order chi connectivity index (χ1) is 13.6. The van der Waals surface area contributed by atoms with Gasteiger partial charge in [0.1, 0.15) is 11.4 Å². The van der Waals surface area contributed by atoms with E-state index in [4.69, 9.17) is 12.2 Å². The summed E-state index contributed by atoms with van der Waals surface area (Å²) >= 11 is 5.03. The van der Waals surface area contributed by atoms with Crippen LogP contribution in [0.4, 0.5) is 22.0 Å². The molecule has 0 radical (unpaired) electrons. The molecule has 0 aliphatic heterocycles. The monoisotopic (exact) mass is 429 g/mol. The Bertz CT molecular complexity index is 1200. The molecule has 2 heterocycles. The van der Waals surface area contributed by atoms with Gasteiger partial charge in [-0.05, 0) is 30.4 Å². The van der Waals surface area contributed by atoms with Crippen LogP contribution in [0.3, 0.4) is 0 Å². The van der Waals surface area contributed by atoms with Crippen molar-refractivity contribution in [2.45, 2.75) is 19.3 Å². The standard InChI is InChI=1S/C18H12F5N3O2S/c1-2-6-26-14-13(15(27)25-17(26)29)11(18(21,22)23)8-12(24-14)9-4-3-5-10(7-9)28-16(19)20/h2-5,7-8,16H,1,6H2,(H,25,27,29). The zero-order chi connectivity index (χ0) is 21.3. The number of ether oxygens (including phenoxy) is 1. The number of fused-ring (bicyclic) bond motifs is 1. The van der Waals surface area contributed by atoms with Crippen molar-refractivity contribution >= 4 is 23.3 Å². The van der Waals surface area contributed by atoms with Crippen LogP contribution in [-0.4, -0.2) is 21.1 Å². The zero-order valence-electron chi connectivity index (χ0n) is 14.5. The number of hydrogen-bond acceptors (Lipinski definition) is 4. The summed E-state index contributed by atoms with van der Waals surface area (Å²) in [6.07, 6.45) is -3.50. The molecule has 5 nitrogen and oxygen atoms in total. The van der Waals surface area contributed by atoms with Crippen molar-refractivity contribution in [1.82, 2.24) is 14.5 Å². The van der Waals surface area contributed by atoms with Gasteiger partial charge in [-0.2, -0.15) is 22.0 Å². The number of pyridine rings is 1. The summed E-state index contributed by atoms with van der Waals surface area (Å²) in [5.41, 5.74) is -2.67. The van der Waals surface area contributed by atoms with Gasteiger partial charge in [-0.15, -0.1) is 6.58 Å². The van der Waals surface area contributed by atoms with Crippen molar-refractivity contribution in [3.05, 3.63) is 63.7 Å². The molecule has 0 aliphatic rings. The van der Waals surface area contributed by atoms with E-state index in [-0.39, 0.29) is 34.0 Å². The van der Waals surface area contributed by atoms with Crippen LogP contribution in [0.1, 0.15) is 5.56 Å². The lowest BCUT2D eigenvalue weighted by Crippen LogP contribution is -2.20. The van der Waals surface area contributed by atoms with Crippen LogP contribution in [0.2, 0.25) is 0 Å². The van der Waals surface area contributed by atoms with Crippen molar-refractivity contribution in [2.24, 2.45) is 0 Å². The van der Waals surface area contributed by atoms with Crippen LogP contribution < -0.4 is 10.3 Å². The lowest BCUT2D eigenvalue weighted by molar-refractivity contribution is -0.136. The summed E-state index contributed by atoms with van der Waals surface area (Å²) in [7, 11) is 0. The van der Waals surface area contributed by atoms with E-state index in [2.05, 4.69) is 21.3 Å². The van der Waals surface area contributed by atoms with Crippen LogP contribution in [0.15, 0.2) is 47.8 Å². The van der Waals surface area contributed by atoms with Gasteiger partial charge in [0.15, 0.2) is 4.77 Å². The molecule has 0 unspecified atom stereocenters. The summed E-state index contributed by atoms with van der Waals surface area (Å²) in [4.78, 5) is 18.6. The molecule has 29 heavy (non-hydrogen) atoms. The molecule has 0 fully saturated rings. The van der Waals surface area contributed by atoms with Gasteiger partial charge < -0.3 is 4.74 Å². The van der Waals surface area contributed by atoms with E-state index < -0.39 is 29.3 Å². The van der Waals surface area contributed by atoms with Gasteiger partial charge >= 0.3 is 12.8 Å². The Morgan fingerprint density at radius 2 is 2.03 bits per heavy atom. The molecular weight excluding hydrogens is 417 g/mol. The van der Waals surface area contributed by atoms with E-state index in [1.165, 1.54) is 28.8 Å². The zero-order valence-corrected chi connectivity index (χ0v) is 15.3. The third-order valence-corrected chi connectivity index (χ3v) is 4.24. The maximum atomic E-state index is 13.7. The lowest BCUT2D eigenvalue weighted by Gasteiger charge is -2.15. The molecule has 0 saturated carbocycles. The minimum absolute atomic E-state index is 0.00556. The number of aromatic nitrogens is 3. The fraction of sp³-hybridized carbons (Fsp3) is 0.167. The first-order valence-corrected chi connectivity index (χ1v) is 8.44. The van der Waals surface area contributed by atoms with E-state index in [0.29, 0.717) is 6.07 Å². The first kappa shape index (κ1) is 20.6. The molecule has 0 bridgehead atoms. The Labute approximate surface area is 165 Å². The summed E-state index contributed by atoms with van der Waals surface area (Å²) in [6, 6.07) is 5.75. The predicted octanol–water partition coefficient (Wildman–Crippen LogP) is 4.93. The van der Waals surface area contributed by atoms with Gasteiger partial charge in [0.2, 0.25) is 0 Å². The van der Waals surface area contributed by atoms with Crippen LogP contribution in [-0.2, 0) is 12.7 Å². The molecule has 11 heteroatoms. The number of H-pyrrole nitrogens is 1. The van der Waals surface area contributed by atoms with Crippen molar-refractivity contribution in [2.75, 3.05) is 0 Å². The molecule has 0 atom stereocenters. The molecule has 2 aromatic heterocycles. The van der Waals surface area contributed by atoms with E-state index in [0.717, 1.165) is 6.07 Å². The fourth-order valence-electron chi connectivity index (χ4n) is 2.78. The van der Waals surface area contributed by atoms with Gasteiger partial charge in [0, 0.05) is 12.1 Å². The average Bonchev–Trinajstić information content (AvgIpc) is 2.63. The summed E-state index contributed by atoms with van der Waals surface area (Å²) < 4.78 is 71.4. The minimum Gasteiger partial charge on any atom is -0.435 e. The normalized spacial score (nSPS) is 11.8.